The lowest BCUT2D eigenvalue weighted by Gasteiger charge is -2.38. The van der Waals surface area contributed by atoms with Crippen LogP contribution in [-0.4, -0.2) is 62.1 Å². The Bertz CT molecular complexity index is 1430. The van der Waals surface area contributed by atoms with Gasteiger partial charge in [-0.1, -0.05) is 18.2 Å². The molecule has 1 saturated heterocycles. The van der Waals surface area contributed by atoms with E-state index in [1.807, 2.05) is 47.0 Å². The second-order valence-electron chi connectivity index (χ2n) is 10.5. The van der Waals surface area contributed by atoms with E-state index < -0.39 is 12.1 Å². The van der Waals surface area contributed by atoms with Crippen molar-refractivity contribution >= 4 is 11.9 Å². The van der Waals surface area contributed by atoms with Crippen LogP contribution >= 0.6 is 0 Å². The number of alkyl halides is 3. The van der Waals surface area contributed by atoms with Crippen LogP contribution in [0.5, 0.6) is 0 Å². The Balaban J connectivity index is 0.000000411. The number of halogens is 3. The van der Waals surface area contributed by atoms with Gasteiger partial charge in [0.15, 0.2) is 0 Å². The molecule has 12 heteroatoms. The fourth-order valence-electron chi connectivity index (χ4n) is 5.67. The number of carboxylic acids is 1. The average Bonchev–Trinajstić information content (AvgIpc) is 3.58. The van der Waals surface area contributed by atoms with Gasteiger partial charge in [0.25, 0.3) is 11.5 Å². The van der Waals surface area contributed by atoms with Crippen molar-refractivity contribution in [1.82, 2.24) is 19.4 Å². The first-order chi connectivity index (χ1) is 19.0. The van der Waals surface area contributed by atoms with Crippen LogP contribution in [-0.2, 0) is 37.3 Å². The van der Waals surface area contributed by atoms with Gasteiger partial charge in [0.2, 0.25) is 0 Å². The molecule has 0 radical (unpaired) electrons. The van der Waals surface area contributed by atoms with Gasteiger partial charge >= 0.3 is 12.1 Å². The summed E-state index contributed by atoms with van der Waals surface area (Å²) in [4.78, 5) is 44.5. The predicted molar refractivity (Wildman–Crippen MR) is 136 cm³/mol. The Morgan fingerprint density at radius 1 is 1.05 bits per heavy atom. The first-order valence-corrected chi connectivity index (χ1v) is 13.1. The molecule has 3 aliphatic heterocycles. The highest BCUT2D eigenvalue weighted by Crippen LogP contribution is 2.41. The molecule has 1 amide bonds. The van der Waals surface area contributed by atoms with Crippen LogP contribution in [0.4, 0.5) is 13.2 Å². The van der Waals surface area contributed by atoms with Crippen LogP contribution in [0.25, 0.3) is 0 Å². The molecule has 1 N–H and O–H groups in total. The van der Waals surface area contributed by atoms with E-state index in [0.29, 0.717) is 30.6 Å². The number of aliphatic carboxylic acids is 1. The molecule has 0 unspecified atom stereocenters. The topological polar surface area (TPSA) is 109 Å². The number of benzene rings is 1. The zero-order valence-corrected chi connectivity index (χ0v) is 21.7. The summed E-state index contributed by atoms with van der Waals surface area (Å²) >= 11 is 0. The van der Waals surface area contributed by atoms with Crippen molar-refractivity contribution in [1.29, 1.82) is 0 Å². The highest BCUT2D eigenvalue weighted by molar-refractivity contribution is 5.94. The average molecular weight is 559 g/mol. The van der Waals surface area contributed by atoms with E-state index in [9.17, 15) is 22.8 Å². The minimum absolute atomic E-state index is 0.0217. The van der Waals surface area contributed by atoms with Gasteiger partial charge < -0.3 is 14.4 Å². The minimum atomic E-state index is -5.08. The number of fused-ring (bicyclic) bond motifs is 2. The predicted octanol–water partition coefficient (Wildman–Crippen LogP) is 3.51. The summed E-state index contributed by atoms with van der Waals surface area (Å²) in [6.07, 6.45) is 0.264. The summed E-state index contributed by atoms with van der Waals surface area (Å²) < 4.78 is 39.1. The van der Waals surface area contributed by atoms with E-state index in [-0.39, 0.29) is 16.9 Å². The second kappa shape index (κ2) is 10.9. The zero-order chi connectivity index (χ0) is 28.5. The molecule has 3 aromatic rings. The van der Waals surface area contributed by atoms with E-state index >= 15 is 0 Å². The Morgan fingerprint density at radius 2 is 1.75 bits per heavy atom. The summed E-state index contributed by atoms with van der Waals surface area (Å²) in [6.45, 7) is 4.53. The van der Waals surface area contributed by atoms with Crippen LogP contribution in [0.2, 0.25) is 0 Å². The number of furan rings is 1. The molecule has 1 fully saturated rings. The molecule has 0 aliphatic carbocycles. The molecule has 2 aromatic heterocycles. The normalized spacial score (nSPS) is 18.0. The molecule has 1 aromatic carbocycles. The summed E-state index contributed by atoms with van der Waals surface area (Å²) in [5.41, 5.74) is 2.41. The molecular formula is C28H29F3N4O5. The molecule has 40 heavy (non-hydrogen) atoms. The number of hydrogen-bond donors (Lipinski definition) is 1. The molecule has 9 nitrogen and oxygen atoms in total. The largest absolute Gasteiger partial charge is 0.490 e. The lowest BCUT2D eigenvalue weighted by atomic mass is 9.77. The highest BCUT2D eigenvalue weighted by Gasteiger charge is 2.42. The van der Waals surface area contributed by atoms with Crippen molar-refractivity contribution in [2.24, 2.45) is 5.41 Å². The molecule has 0 bridgehead atoms. The summed E-state index contributed by atoms with van der Waals surface area (Å²) in [6, 6.07) is 13.3. The molecule has 0 saturated carbocycles. The maximum atomic E-state index is 13.5. The molecule has 0 atom stereocenters. The summed E-state index contributed by atoms with van der Waals surface area (Å²) in [5.74, 6) is -0.846. The van der Waals surface area contributed by atoms with Gasteiger partial charge in [-0.25, -0.2) is 9.78 Å². The third kappa shape index (κ3) is 5.81. The molecule has 3 aliphatic rings. The molecular weight excluding hydrogens is 529 g/mol. The van der Waals surface area contributed by atoms with Crippen LogP contribution in [0.15, 0.2) is 57.9 Å². The lowest BCUT2D eigenvalue weighted by Crippen LogP contribution is -2.42. The lowest BCUT2D eigenvalue weighted by molar-refractivity contribution is -0.192. The maximum Gasteiger partial charge on any atom is 0.490 e. The number of carbonyl (C=O) groups is 2. The van der Waals surface area contributed by atoms with Crippen molar-refractivity contribution < 1.29 is 32.3 Å². The first kappa shape index (κ1) is 27.6. The quantitative estimate of drug-likeness (QED) is 0.524. The Labute approximate surface area is 227 Å². The van der Waals surface area contributed by atoms with Gasteiger partial charge in [0, 0.05) is 31.5 Å². The van der Waals surface area contributed by atoms with Crippen molar-refractivity contribution in [3.8, 4) is 0 Å². The van der Waals surface area contributed by atoms with E-state index in [0.717, 1.165) is 62.7 Å². The number of carboxylic acid groups (broad SMARTS) is 1. The first-order valence-electron chi connectivity index (χ1n) is 13.1. The SMILES string of the molecule is O=C(O)C(F)(F)F.O=C(c1ccccc1)N1CCc2nc3n(c(=O)c2C1)CC1(CCN(Cc2ccco2)CC1)C3. The molecule has 1 spiro atoms. The number of amides is 1. The standard InChI is InChI=1S/C26H28N4O3.C2HF3O2/c31-24(19-5-2-1-3-6-19)29-11-8-22-21(17-29)25(32)30-18-26(15-23(30)27-22)9-12-28(13-10-26)16-20-7-4-14-33-20;3-2(4,5)1(6)7/h1-7,14H,8-13,15-18H2;(H,6,7). The number of likely N-dealkylation sites (tertiary alicyclic amines) is 1. The molecule has 6 rings (SSSR count). The van der Waals surface area contributed by atoms with E-state index in [1.54, 1.807) is 11.2 Å². The smallest absolute Gasteiger partial charge is 0.475 e. The monoisotopic (exact) mass is 558 g/mol. The van der Waals surface area contributed by atoms with Gasteiger partial charge in [-0.2, -0.15) is 13.2 Å². The number of piperidine rings is 1. The van der Waals surface area contributed by atoms with Gasteiger partial charge in [-0.15, -0.1) is 0 Å². The van der Waals surface area contributed by atoms with Gasteiger partial charge in [-0.3, -0.25) is 19.1 Å². The van der Waals surface area contributed by atoms with E-state index in [2.05, 4.69) is 4.90 Å². The fraction of sp³-hybridized carbons (Fsp3) is 0.429. The number of aromatic nitrogens is 2. The second-order valence-corrected chi connectivity index (χ2v) is 10.5. The van der Waals surface area contributed by atoms with Crippen LogP contribution < -0.4 is 5.56 Å². The third-order valence-corrected chi connectivity index (χ3v) is 7.85. The highest BCUT2D eigenvalue weighted by atomic mass is 19.4. The number of carbonyl (C=O) groups excluding carboxylic acids is 1. The van der Waals surface area contributed by atoms with Crippen LogP contribution in [0.3, 0.4) is 0 Å². The van der Waals surface area contributed by atoms with Crippen molar-refractivity contribution in [2.75, 3.05) is 19.6 Å². The van der Waals surface area contributed by atoms with Gasteiger partial charge in [0.1, 0.15) is 11.6 Å². The van der Waals surface area contributed by atoms with Gasteiger partial charge in [0.05, 0.1) is 30.6 Å². The summed E-state index contributed by atoms with van der Waals surface area (Å²) in [5, 5.41) is 7.12. The maximum absolute atomic E-state index is 13.5. The van der Waals surface area contributed by atoms with Crippen molar-refractivity contribution in [3.63, 3.8) is 0 Å². The number of nitrogens with zero attached hydrogens (tertiary/aromatic N) is 4. The van der Waals surface area contributed by atoms with E-state index in [1.165, 1.54) is 0 Å². The Morgan fingerprint density at radius 3 is 2.38 bits per heavy atom. The summed E-state index contributed by atoms with van der Waals surface area (Å²) in [7, 11) is 0. The fourth-order valence-corrected chi connectivity index (χ4v) is 5.67. The molecule has 5 heterocycles. The minimum Gasteiger partial charge on any atom is -0.475 e. The van der Waals surface area contributed by atoms with Crippen molar-refractivity contribution in [2.45, 2.75) is 51.5 Å². The van der Waals surface area contributed by atoms with Gasteiger partial charge in [-0.05, 0) is 55.6 Å². The Hall–Kier alpha value is -3.93. The molecule has 212 valence electrons. The van der Waals surface area contributed by atoms with Crippen molar-refractivity contribution in [3.05, 3.63) is 87.5 Å². The third-order valence-electron chi connectivity index (χ3n) is 7.85. The number of hydrogen-bond acceptors (Lipinski definition) is 6. The van der Waals surface area contributed by atoms with Crippen LogP contribution in [0.1, 0.15) is 46.0 Å². The number of rotatable bonds is 3. The van der Waals surface area contributed by atoms with E-state index in [4.69, 9.17) is 19.3 Å². The zero-order valence-electron chi connectivity index (χ0n) is 21.7. The Kier molecular flexibility index (Phi) is 7.54. The van der Waals surface area contributed by atoms with Crippen LogP contribution in [0, 0.1) is 5.41 Å².